The Morgan fingerprint density at radius 2 is 1.14 bits per heavy atom. The third kappa shape index (κ3) is 2.12. The summed E-state index contributed by atoms with van der Waals surface area (Å²) in [7, 11) is 0. The minimum Gasteiger partial charge on any atom is -0.396 e. The average Bonchev–Trinajstić information content (AvgIpc) is 2.27. The first-order chi connectivity index (χ1) is 6.83. The molecular weight excluding hydrogens is 176 g/mol. The van der Waals surface area contributed by atoms with Crippen LogP contribution in [0.15, 0.2) is 0 Å². The van der Waals surface area contributed by atoms with E-state index in [-0.39, 0.29) is 0 Å². The molecule has 0 spiro atoms. The van der Waals surface area contributed by atoms with E-state index < -0.39 is 0 Å². The molecule has 0 saturated heterocycles. The van der Waals surface area contributed by atoms with Crippen LogP contribution in [0.5, 0.6) is 0 Å². The summed E-state index contributed by atoms with van der Waals surface area (Å²) >= 11 is 0. The number of fused-ring (bicyclic) bond motifs is 1. The van der Waals surface area contributed by atoms with Crippen LogP contribution in [-0.4, -0.2) is 23.4 Å². The second-order valence-electron chi connectivity index (χ2n) is 5.24. The van der Waals surface area contributed by atoms with E-state index in [1.54, 1.807) is 0 Å². The fourth-order valence-electron chi connectivity index (χ4n) is 3.42. The number of hydrogen-bond acceptors (Lipinski definition) is 2. The zero-order chi connectivity index (χ0) is 9.97. The summed E-state index contributed by atoms with van der Waals surface area (Å²) in [5, 5.41) is 18.3. The summed E-state index contributed by atoms with van der Waals surface area (Å²) in [5.41, 5.74) is 0. The van der Waals surface area contributed by atoms with Crippen molar-refractivity contribution in [2.75, 3.05) is 13.2 Å². The van der Waals surface area contributed by atoms with Crippen molar-refractivity contribution in [3.05, 3.63) is 0 Å². The van der Waals surface area contributed by atoms with Crippen molar-refractivity contribution in [3.63, 3.8) is 0 Å². The number of aliphatic hydroxyl groups excluding tert-OH is 2. The Hall–Kier alpha value is -0.0800. The topological polar surface area (TPSA) is 40.5 Å². The molecule has 4 atom stereocenters. The Morgan fingerprint density at radius 3 is 1.50 bits per heavy atom. The van der Waals surface area contributed by atoms with Gasteiger partial charge in [-0.25, -0.2) is 0 Å². The maximum atomic E-state index is 9.14. The first-order valence-corrected chi connectivity index (χ1v) is 6.05. The van der Waals surface area contributed by atoms with Crippen molar-refractivity contribution in [2.45, 2.75) is 38.5 Å². The van der Waals surface area contributed by atoms with Crippen molar-refractivity contribution in [1.82, 2.24) is 0 Å². The quantitative estimate of drug-likeness (QED) is 0.710. The van der Waals surface area contributed by atoms with Crippen LogP contribution in [-0.2, 0) is 0 Å². The third-order valence-electron chi connectivity index (χ3n) is 4.35. The molecule has 0 heterocycles. The normalized spacial score (nSPS) is 43.3. The van der Waals surface area contributed by atoms with Crippen LogP contribution in [0.3, 0.4) is 0 Å². The lowest BCUT2D eigenvalue weighted by Gasteiger charge is -2.41. The van der Waals surface area contributed by atoms with E-state index in [0.717, 1.165) is 11.8 Å². The molecule has 0 bridgehead atoms. The SMILES string of the molecule is OCC1CCC2C[C@@H](CO)CCC2C1. The van der Waals surface area contributed by atoms with Crippen LogP contribution in [0.1, 0.15) is 38.5 Å². The van der Waals surface area contributed by atoms with Gasteiger partial charge in [-0.3, -0.25) is 0 Å². The lowest BCUT2D eigenvalue weighted by Crippen LogP contribution is -2.33. The monoisotopic (exact) mass is 198 g/mol. The summed E-state index contributed by atoms with van der Waals surface area (Å²) in [5.74, 6) is 2.84. The summed E-state index contributed by atoms with van der Waals surface area (Å²) in [6, 6.07) is 0. The van der Waals surface area contributed by atoms with Gasteiger partial charge >= 0.3 is 0 Å². The molecule has 0 aromatic carbocycles. The van der Waals surface area contributed by atoms with E-state index >= 15 is 0 Å². The van der Waals surface area contributed by atoms with Gasteiger partial charge in [-0.15, -0.1) is 0 Å². The molecule has 3 unspecified atom stereocenters. The lowest BCUT2D eigenvalue weighted by atomic mass is 9.65. The standard InChI is InChI=1S/C12H22O2/c13-7-9-1-3-11-6-10(8-14)2-4-12(11)5-9/h9-14H,1-8H2/t9-,10?,11?,12?/m0/s1. The lowest BCUT2D eigenvalue weighted by molar-refractivity contribution is 0.0546. The maximum absolute atomic E-state index is 9.14. The molecule has 0 aliphatic heterocycles. The van der Waals surface area contributed by atoms with Crippen molar-refractivity contribution < 1.29 is 10.2 Å². The van der Waals surface area contributed by atoms with Gasteiger partial charge < -0.3 is 10.2 Å². The van der Waals surface area contributed by atoms with E-state index in [9.17, 15) is 0 Å². The molecule has 0 radical (unpaired) electrons. The van der Waals surface area contributed by atoms with E-state index in [2.05, 4.69) is 0 Å². The average molecular weight is 198 g/mol. The van der Waals surface area contributed by atoms with Gasteiger partial charge in [-0.05, 0) is 62.2 Å². The zero-order valence-electron chi connectivity index (χ0n) is 8.86. The van der Waals surface area contributed by atoms with E-state index in [4.69, 9.17) is 10.2 Å². The van der Waals surface area contributed by atoms with Crippen LogP contribution in [0.4, 0.5) is 0 Å². The fourth-order valence-corrected chi connectivity index (χ4v) is 3.42. The summed E-state index contributed by atoms with van der Waals surface area (Å²) in [6.45, 7) is 0.763. The highest BCUT2D eigenvalue weighted by atomic mass is 16.3. The molecule has 2 N–H and O–H groups in total. The Morgan fingerprint density at radius 1 is 0.714 bits per heavy atom. The Bertz CT molecular complexity index is 161. The molecule has 2 nitrogen and oxygen atoms in total. The van der Waals surface area contributed by atoms with Crippen molar-refractivity contribution in [3.8, 4) is 0 Å². The number of aliphatic hydroxyl groups is 2. The summed E-state index contributed by atoms with van der Waals surface area (Å²) in [6.07, 6.45) is 7.45. The second kappa shape index (κ2) is 4.63. The van der Waals surface area contributed by atoms with E-state index in [1.807, 2.05) is 0 Å². The van der Waals surface area contributed by atoms with Crippen molar-refractivity contribution in [1.29, 1.82) is 0 Å². The van der Waals surface area contributed by atoms with Gasteiger partial charge in [0.2, 0.25) is 0 Å². The Kier molecular flexibility index (Phi) is 3.45. The molecule has 2 aliphatic rings. The third-order valence-corrected chi connectivity index (χ3v) is 4.35. The second-order valence-corrected chi connectivity index (χ2v) is 5.24. The van der Waals surface area contributed by atoms with Gasteiger partial charge in [0.05, 0.1) is 0 Å². The van der Waals surface area contributed by atoms with Crippen LogP contribution in [0.25, 0.3) is 0 Å². The predicted octanol–water partition coefficient (Wildman–Crippen LogP) is 1.80. The minimum absolute atomic E-state index is 0.382. The minimum atomic E-state index is 0.382. The van der Waals surface area contributed by atoms with E-state index in [0.29, 0.717) is 25.0 Å². The van der Waals surface area contributed by atoms with Crippen molar-refractivity contribution in [2.24, 2.45) is 23.7 Å². The molecule has 2 fully saturated rings. The Labute approximate surface area is 86.3 Å². The summed E-state index contributed by atoms with van der Waals surface area (Å²) < 4.78 is 0. The van der Waals surface area contributed by atoms with Crippen LogP contribution in [0.2, 0.25) is 0 Å². The first kappa shape index (κ1) is 10.4. The van der Waals surface area contributed by atoms with Crippen molar-refractivity contribution >= 4 is 0 Å². The van der Waals surface area contributed by atoms with Crippen LogP contribution >= 0.6 is 0 Å². The van der Waals surface area contributed by atoms with Crippen LogP contribution < -0.4 is 0 Å². The smallest absolute Gasteiger partial charge is 0.0459 e. The molecule has 2 aliphatic carbocycles. The van der Waals surface area contributed by atoms with Gasteiger partial charge in [-0.1, -0.05) is 0 Å². The molecule has 0 aromatic rings. The van der Waals surface area contributed by atoms with Crippen LogP contribution in [0, 0.1) is 23.7 Å². The first-order valence-electron chi connectivity index (χ1n) is 6.05. The highest BCUT2D eigenvalue weighted by Gasteiger charge is 2.34. The van der Waals surface area contributed by atoms with Gasteiger partial charge in [-0.2, -0.15) is 0 Å². The Balaban J connectivity index is 1.88. The molecule has 0 aromatic heterocycles. The molecule has 0 amide bonds. The van der Waals surface area contributed by atoms with Gasteiger partial charge in [0.15, 0.2) is 0 Å². The highest BCUT2D eigenvalue weighted by molar-refractivity contribution is 4.85. The predicted molar refractivity (Wildman–Crippen MR) is 55.8 cm³/mol. The van der Waals surface area contributed by atoms with Gasteiger partial charge in [0, 0.05) is 13.2 Å². The van der Waals surface area contributed by atoms with Gasteiger partial charge in [0.25, 0.3) is 0 Å². The molecule has 2 rings (SSSR count). The number of rotatable bonds is 2. The molecule has 2 saturated carbocycles. The zero-order valence-corrected chi connectivity index (χ0v) is 8.86. The molecule has 82 valence electrons. The fraction of sp³-hybridized carbons (Fsp3) is 1.00. The molecule has 2 heteroatoms. The maximum Gasteiger partial charge on any atom is 0.0459 e. The molecular formula is C12H22O2. The van der Waals surface area contributed by atoms with Gasteiger partial charge in [0.1, 0.15) is 0 Å². The largest absolute Gasteiger partial charge is 0.396 e. The molecule has 14 heavy (non-hydrogen) atoms. The van der Waals surface area contributed by atoms with E-state index in [1.165, 1.54) is 38.5 Å². The number of hydrogen-bond donors (Lipinski definition) is 2. The highest BCUT2D eigenvalue weighted by Crippen LogP contribution is 2.44. The summed E-state index contributed by atoms with van der Waals surface area (Å²) in [4.78, 5) is 0.